The lowest BCUT2D eigenvalue weighted by molar-refractivity contribution is -0.141. The van der Waals surface area contributed by atoms with E-state index in [0.29, 0.717) is 67.5 Å². The number of likely N-dealkylation sites (tertiary alicyclic amines) is 2. The Hall–Kier alpha value is -3.86. The molecule has 2 aliphatic heterocycles. The van der Waals surface area contributed by atoms with Gasteiger partial charge in [0.05, 0.1) is 22.5 Å². The van der Waals surface area contributed by atoms with Gasteiger partial charge in [-0.15, -0.1) is 0 Å². The van der Waals surface area contributed by atoms with Crippen molar-refractivity contribution in [1.82, 2.24) is 15.1 Å². The summed E-state index contributed by atoms with van der Waals surface area (Å²) in [6.07, 6.45) is 2.29. The predicted octanol–water partition coefficient (Wildman–Crippen LogP) is 6.10. The van der Waals surface area contributed by atoms with E-state index in [4.69, 9.17) is 28.5 Å². The van der Waals surface area contributed by atoms with Gasteiger partial charge in [0.2, 0.25) is 11.8 Å². The van der Waals surface area contributed by atoms with Gasteiger partial charge in [-0.1, -0.05) is 65.7 Å². The van der Waals surface area contributed by atoms with Crippen molar-refractivity contribution in [2.75, 3.05) is 26.2 Å². The average molecular weight is 618 g/mol. The zero-order valence-electron chi connectivity index (χ0n) is 24.1. The Morgan fingerprint density at radius 2 is 1.49 bits per heavy atom. The summed E-state index contributed by atoms with van der Waals surface area (Å²) in [5, 5.41) is 13.0. The number of halogens is 2. The first-order valence-corrected chi connectivity index (χ1v) is 15.4. The van der Waals surface area contributed by atoms with E-state index in [9.17, 15) is 14.4 Å². The normalized spacial score (nSPS) is 19.0. The molecule has 0 radical (unpaired) electrons. The summed E-state index contributed by atoms with van der Waals surface area (Å²) in [4.78, 5) is 42.4. The third-order valence-corrected chi connectivity index (χ3v) is 9.36. The summed E-state index contributed by atoms with van der Waals surface area (Å²) in [6.45, 7) is 3.75. The zero-order chi connectivity index (χ0) is 30.5. The molecule has 2 aliphatic rings. The maximum Gasteiger partial charge on any atom is 0.251 e. The molecule has 3 aromatic carbocycles. The highest BCUT2D eigenvalue weighted by Gasteiger charge is 2.37. The van der Waals surface area contributed by atoms with Crippen LogP contribution in [-0.2, 0) is 16.0 Å². The highest BCUT2D eigenvalue weighted by Crippen LogP contribution is 2.33. The maximum absolute atomic E-state index is 13.6. The molecular weight excluding hydrogens is 583 g/mol. The number of benzene rings is 3. The second-order valence-electron chi connectivity index (χ2n) is 11.3. The van der Waals surface area contributed by atoms with Crippen LogP contribution in [0.25, 0.3) is 11.1 Å². The van der Waals surface area contributed by atoms with Gasteiger partial charge in [0.1, 0.15) is 0 Å². The SMILES string of the molecule is CC(=O)N1CCC(C(=O)N2CCC(NC(=O)c3ccc(-c4ccc(CC#N)cc4)cc3)C(c3ccc(Cl)c(Cl)c3)C2)CC1. The number of hydrogen-bond donors (Lipinski definition) is 1. The largest absolute Gasteiger partial charge is 0.349 e. The number of nitrogens with zero attached hydrogens (tertiary/aromatic N) is 3. The number of nitrogens with one attached hydrogen (secondary N) is 1. The van der Waals surface area contributed by atoms with Gasteiger partial charge in [0.15, 0.2) is 0 Å². The van der Waals surface area contributed by atoms with Crippen LogP contribution in [0.4, 0.5) is 0 Å². The molecule has 0 aromatic heterocycles. The topological polar surface area (TPSA) is 93.5 Å². The Morgan fingerprint density at radius 3 is 2.09 bits per heavy atom. The van der Waals surface area contributed by atoms with E-state index in [0.717, 1.165) is 22.3 Å². The minimum absolute atomic E-state index is 0.0439. The third kappa shape index (κ3) is 7.21. The second kappa shape index (κ2) is 13.6. The number of rotatable bonds is 6. The van der Waals surface area contributed by atoms with Gasteiger partial charge in [-0.05, 0) is 65.8 Å². The van der Waals surface area contributed by atoms with Crippen molar-refractivity contribution < 1.29 is 14.4 Å². The minimum Gasteiger partial charge on any atom is -0.349 e. The lowest BCUT2D eigenvalue weighted by atomic mass is 9.84. The third-order valence-electron chi connectivity index (χ3n) is 8.62. The number of nitriles is 1. The molecule has 0 bridgehead atoms. The van der Waals surface area contributed by atoms with E-state index in [1.165, 1.54) is 0 Å². The van der Waals surface area contributed by atoms with E-state index in [1.54, 1.807) is 17.9 Å². The second-order valence-corrected chi connectivity index (χ2v) is 12.1. The summed E-state index contributed by atoms with van der Waals surface area (Å²) in [6, 6.07) is 22.7. The maximum atomic E-state index is 13.6. The van der Waals surface area contributed by atoms with Crippen molar-refractivity contribution in [2.45, 2.75) is 44.6 Å². The highest BCUT2D eigenvalue weighted by molar-refractivity contribution is 6.42. The van der Waals surface area contributed by atoms with Crippen molar-refractivity contribution in [1.29, 1.82) is 5.26 Å². The fourth-order valence-electron chi connectivity index (χ4n) is 6.08. The van der Waals surface area contributed by atoms with Gasteiger partial charge >= 0.3 is 0 Å². The lowest BCUT2D eigenvalue weighted by Crippen LogP contribution is -2.53. The molecule has 0 aliphatic carbocycles. The highest BCUT2D eigenvalue weighted by atomic mass is 35.5. The standard InChI is InChI=1S/C34H34Cl2N4O3/c1-22(41)39-17-13-27(14-18-39)34(43)40-19-15-32(29(21-40)28-10-11-30(35)31(36)20-28)38-33(42)26-8-6-25(7-9-26)24-4-2-23(3-5-24)12-16-37/h2-11,20,27,29,32H,12-15,17-19,21H2,1H3,(H,38,42). The first kappa shape index (κ1) is 30.6. The quantitative estimate of drug-likeness (QED) is 0.362. The number of piperidine rings is 2. The molecular formula is C34H34Cl2N4O3. The Labute approximate surface area is 262 Å². The minimum atomic E-state index is -0.208. The van der Waals surface area contributed by atoms with Gasteiger partial charge in [-0.25, -0.2) is 0 Å². The molecule has 43 heavy (non-hydrogen) atoms. The summed E-state index contributed by atoms with van der Waals surface area (Å²) < 4.78 is 0. The van der Waals surface area contributed by atoms with Crippen molar-refractivity contribution in [3.05, 3.63) is 93.5 Å². The number of amides is 3. The molecule has 1 N–H and O–H groups in total. The van der Waals surface area contributed by atoms with E-state index in [1.807, 2.05) is 65.6 Å². The summed E-state index contributed by atoms with van der Waals surface area (Å²) in [5.74, 6) is -0.309. The molecule has 7 nitrogen and oxygen atoms in total. The van der Waals surface area contributed by atoms with Crippen molar-refractivity contribution in [2.24, 2.45) is 5.92 Å². The van der Waals surface area contributed by atoms with Crippen molar-refractivity contribution in [3.8, 4) is 17.2 Å². The lowest BCUT2D eigenvalue weighted by Gasteiger charge is -2.41. The number of carbonyl (C=O) groups is 3. The summed E-state index contributed by atoms with van der Waals surface area (Å²) in [5.41, 5.74) is 4.42. The van der Waals surface area contributed by atoms with Crippen LogP contribution in [-0.4, -0.2) is 59.7 Å². The van der Waals surface area contributed by atoms with Gasteiger partial charge in [-0.2, -0.15) is 5.26 Å². The molecule has 2 unspecified atom stereocenters. The van der Waals surface area contributed by atoms with E-state index in [2.05, 4.69) is 11.4 Å². The van der Waals surface area contributed by atoms with Crippen LogP contribution < -0.4 is 5.32 Å². The van der Waals surface area contributed by atoms with Crippen molar-refractivity contribution >= 4 is 40.9 Å². The first-order chi connectivity index (χ1) is 20.7. The van der Waals surface area contributed by atoms with Crippen LogP contribution in [0.5, 0.6) is 0 Å². The molecule has 0 saturated carbocycles. The van der Waals surface area contributed by atoms with Gasteiger partial charge < -0.3 is 15.1 Å². The average Bonchev–Trinajstić information content (AvgIpc) is 3.03. The molecule has 5 rings (SSSR count). The summed E-state index contributed by atoms with van der Waals surface area (Å²) in [7, 11) is 0. The van der Waals surface area contributed by atoms with Crippen LogP contribution in [0.2, 0.25) is 10.0 Å². The van der Waals surface area contributed by atoms with Crippen LogP contribution in [0.3, 0.4) is 0 Å². The predicted molar refractivity (Wildman–Crippen MR) is 168 cm³/mol. The number of hydrogen-bond acceptors (Lipinski definition) is 4. The van der Waals surface area contributed by atoms with E-state index < -0.39 is 0 Å². The molecule has 2 fully saturated rings. The molecule has 0 spiro atoms. The Morgan fingerprint density at radius 1 is 0.860 bits per heavy atom. The monoisotopic (exact) mass is 616 g/mol. The molecule has 9 heteroatoms. The first-order valence-electron chi connectivity index (χ1n) is 14.6. The van der Waals surface area contributed by atoms with Crippen LogP contribution >= 0.6 is 23.2 Å². The Balaban J connectivity index is 1.29. The van der Waals surface area contributed by atoms with Crippen LogP contribution in [0, 0.1) is 17.2 Å². The van der Waals surface area contributed by atoms with E-state index >= 15 is 0 Å². The van der Waals surface area contributed by atoms with Crippen molar-refractivity contribution in [3.63, 3.8) is 0 Å². The van der Waals surface area contributed by atoms with Gasteiger partial charge in [0.25, 0.3) is 5.91 Å². The van der Waals surface area contributed by atoms with Crippen LogP contribution in [0.15, 0.2) is 66.7 Å². The zero-order valence-corrected chi connectivity index (χ0v) is 25.6. The molecule has 3 amide bonds. The van der Waals surface area contributed by atoms with Gasteiger partial charge in [0, 0.05) is 56.5 Å². The molecule has 2 atom stereocenters. The fourth-order valence-corrected chi connectivity index (χ4v) is 6.38. The smallest absolute Gasteiger partial charge is 0.251 e. The fraction of sp³-hybridized carbons (Fsp3) is 0.353. The molecule has 2 heterocycles. The Bertz CT molecular complexity index is 1530. The van der Waals surface area contributed by atoms with Gasteiger partial charge in [-0.3, -0.25) is 14.4 Å². The Kier molecular flexibility index (Phi) is 9.69. The van der Waals surface area contributed by atoms with E-state index in [-0.39, 0.29) is 35.6 Å². The summed E-state index contributed by atoms with van der Waals surface area (Å²) >= 11 is 12.6. The number of carbonyl (C=O) groups excluding carboxylic acids is 3. The molecule has 2 saturated heterocycles. The molecule has 222 valence electrons. The van der Waals surface area contributed by atoms with Crippen LogP contribution in [0.1, 0.15) is 53.6 Å². The molecule has 3 aromatic rings.